The first-order chi connectivity index (χ1) is 16.4. The highest BCUT2D eigenvalue weighted by molar-refractivity contribution is 6.16. The number of carbonyl (C=O) groups excluding carboxylic acids is 2. The van der Waals surface area contributed by atoms with Gasteiger partial charge in [0.2, 0.25) is 5.76 Å². The molecule has 0 aliphatic rings. The number of nitrogens with zero attached hydrogens (tertiary/aromatic N) is 1. The lowest BCUT2D eigenvalue weighted by Gasteiger charge is -2.18. The van der Waals surface area contributed by atoms with E-state index >= 15 is 0 Å². The lowest BCUT2D eigenvalue weighted by atomic mass is 10.0. The van der Waals surface area contributed by atoms with Crippen LogP contribution < -0.4 is 9.47 Å². The highest BCUT2D eigenvalue weighted by atomic mass is 16.5. The molecule has 0 aliphatic heterocycles. The van der Waals surface area contributed by atoms with Crippen LogP contribution in [0.2, 0.25) is 0 Å². The van der Waals surface area contributed by atoms with Crippen molar-refractivity contribution in [3.63, 3.8) is 0 Å². The van der Waals surface area contributed by atoms with E-state index in [-0.39, 0.29) is 17.1 Å². The van der Waals surface area contributed by atoms with Crippen LogP contribution >= 0.6 is 0 Å². The molecule has 7 heteroatoms. The lowest BCUT2D eigenvalue weighted by molar-refractivity contribution is 0.0566. The molecule has 0 saturated heterocycles. The molecule has 1 heterocycles. The SMILES string of the molecule is CCN(CC)CCOc1ccc2c(C)c(C(=O)OC)oc2c1C(=O)/C=C/c1ccc(OC)cc1. The Hall–Kier alpha value is -3.58. The summed E-state index contributed by atoms with van der Waals surface area (Å²) in [6.45, 7) is 8.91. The number of esters is 1. The zero-order valence-electron chi connectivity index (χ0n) is 20.3. The maximum Gasteiger partial charge on any atom is 0.374 e. The van der Waals surface area contributed by atoms with Gasteiger partial charge in [-0.15, -0.1) is 0 Å². The summed E-state index contributed by atoms with van der Waals surface area (Å²) in [5.41, 5.74) is 2.05. The van der Waals surface area contributed by atoms with Crippen LogP contribution in [0.3, 0.4) is 0 Å². The summed E-state index contributed by atoms with van der Waals surface area (Å²) < 4.78 is 21.9. The molecule has 34 heavy (non-hydrogen) atoms. The van der Waals surface area contributed by atoms with Gasteiger partial charge in [0.15, 0.2) is 5.78 Å². The third kappa shape index (κ3) is 5.48. The highest BCUT2D eigenvalue weighted by Crippen LogP contribution is 2.34. The van der Waals surface area contributed by atoms with Crippen molar-refractivity contribution >= 4 is 28.8 Å². The molecule has 0 N–H and O–H groups in total. The summed E-state index contributed by atoms with van der Waals surface area (Å²) in [6.07, 6.45) is 3.20. The Kier molecular flexibility index (Phi) is 8.49. The minimum Gasteiger partial charge on any atom is -0.497 e. The van der Waals surface area contributed by atoms with E-state index in [0.29, 0.717) is 28.9 Å². The third-order valence-electron chi connectivity index (χ3n) is 5.79. The van der Waals surface area contributed by atoms with E-state index in [9.17, 15) is 9.59 Å². The number of furan rings is 1. The number of likely N-dealkylation sites (N-methyl/N-ethyl adjacent to an activating group) is 1. The summed E-state index contributed by atoms with van der Waals surface area (Å²) in [5.74, 6) is 0.341. The van der Waals surface area contributed by atoms with Crippen LogP contribution in [-0.4, -0.2) is 57.1 Å². The maximum absolute atomic E-state index is 13.4. The summed E-state index contributed by atoms with van der Waals surface area (Å²) in [7, 11) is 2.89. The molecule has 7 nitrogen and oxygen atoms in total. The van der Waals surface area contributed by atoms with Crippen molar-refractivity contribution in [2.75, 3.05) is 40.5 Å². The first-order valence-electron chi connectivity index (χ1n) is 11.3. The summed E-state index contributed by atoms with van der Waals surface area (Å²) >= 11 is 0. The van der Waals surface area contributed by atoms with E-state index in [4.69, 9.17) is 18.6 Å². The van der Waals surface area contributed by atoms with Gasteiger partial charge in [0.05, 0.1) is 14.2 Å². The molecule has 0 spiro atoms. The van der Waals surface area contributed by atoms with Crippen molar-refractivity contribution in [1.82, 2.24) is 4.90 Å². The van der Waals surface area contributed by atoms with Crippen molar-refractivity contribution in [3.05, 3.63) is 64.9 Å². The van der Waals surface area contributed by atoms with E-state index in [1.54, 1.807) is 32.2 Å². The minimum absolute atomic E-state index is 0.0750. The van der Waals surface area contributed by atoms with E-state index in [2.05, 4.69) is 18.7 Å². The van der Waals surface area contributed by atoms with Crippen LogP contribution in [0, 0.1) is 6.92 Å². The number of carbonyl (C=O) groups is 2. The number of ketones is 1. The molecular formula is C27H31NO6. The van der Waals surface area contributed by atoms with Gasteiger partial charge in [-0.25, -0.2) is 4.79 Å². The predicted molar refractivity (Wildman–Crippen MR) is 132 cm³/mol. The molecule has 0 unspecified atom stereocenters. The molecule has 3 rings (SSSR count). The van der Waals surface area contributed by atoms with Crippen LogP contribution in [0.5, 0.6) is 11.5 Å². The number of aryl methyl sites for hydroxylation is 1. The number of rotatable bonds is 11. The fourth-order valence-electron chi connectivity index (χ4n) is 3.70. The Morgan fingerprint density at radius 3 is 2.35 bits per heavy atom. The Labute approximate surface area is 199 Å². The first kappa shape index (κ1) is 25.1. The zero-order chi connectivity index (χ0) is 24.7. The van der Waals surface area contributed by atoms with E-state index in [1.165, 1.54) is 13.2 Å². The largest absolute Gasteiger partial charge is 0.497 e. The second-order valence-electron chi connectivity index (χ2n) is 7.71. The Bertz CT molecular complexity index is 1170. The number of fused-ring (bicyclic) bond motifs is 1. The average Bonchev–Trinajstić information content (AvgIpc) is 3.21. The van der Waals surface area contributed by atoms with E-state index in [0.717, 1.165) is 30.9 Å². The monoisotopic (exact) mass is 465 g/mol. The summed E-state index contributed by atoms with van der Waals surface area (Å²) in [4.78, 5) is 27.8. The average molecular weight is 466 g/mol. The van der Waals surface area contributed by atoms with Gasteiger partial charge in [-0.1, -0.05) is 32.1 Å². The van der Waals surface area contributed by atoms with Crippen molar-refractivity contribution in [1.29, 1.82) is 0 Å². The minimum atomic E-state index is -0.593. The Morgan fingerprint density at radius 2 is 1.74 bits per heavy atom. The van der Waals surface area contributed by atoms with Gasteiger partial charge in [0, 0.05) is 17.5 Å². The fourth-order valence-corrected chi connectivity index (χ4v) is 3.70. The van der Waals surface area contributed by atoms with Crippen molar-refractivity contribution in [2.45, 2.75) is 20.8 Å². The lowest BCUT2D eigenvalue weighted by Crippen LogP contribution is -2.28. The van der Waals surface area contributed by atoms with Crippen molar-refractivity contribution in [2.24, 2.45) is 0 Å². The molecule has 0 saturated carbocycles. The predicted octanol–water partition coefficient (Wildman–Crippen LogP) is 5.15. The van der Waals surface area contributed by atoms with E-state index < -0.39 is 5.97 Å². The molecule has 0 amide bonds. The van der Waals surface area contributed by atoms with Gasteiger partial charge < -0.3 is 23.5 Å². The molecule has 0 fully saturated rings. The quantitative estimate of drug-likeness (QED) is 0.220. The topological polar surface area (TPSA) is 78.2 Å². The van der Waals surface area contributed by atoms with Gasteiger partial charge in [-0.2, -0.15) is 0 Å². The van der Waals surface area contributed by atoms with Crippen LogP contribution in [0.15, 0.2) is 46.9 Å². The van der Waals surface area contributed by atoms with Crippen molar-refractivity contribution < 1.29 is 28.2 Å². The second kappa shape index (κ2) is 11.5. The zero-order valence-corrected chi connectivity index (χ0v) is 20.3. The van der Waals surface area contributed by atoms with Gasteiger partial charge in [0.25, 0.3) is 0 Å². The van der Waals surface area contributed by atoms with Crippen LogP contribution in [0.1, 0.15) is 45.9 Å². The number of hydrogen-bond acceptors (Lipinski definition) is 7. The normalized spacial score (nSPS) is 11.4. The number of benzene rings is 2. The molecule has 3 aromatic rings. The molecule has 0 bridgehead atoms. The molecule has 1 aromatic heterocycles. The summed E-state index contributed by atoms with van der Waals surface area (Å²) in [6, 6.07) is 10.9. The van der Waals surface area contributed by atoms with Gasteiger partial charge in [0.1, 0.15) is 29.3 Å². The number of methoxy groups -OCH3 is 2. The number of ether oxygens (including phenoxy) is 3. The van der Waals surface area contributed by atoms with Gasteiger partial charge in [-0.3, -0.25) is 4.79 Å². The molecular weight excluding hydrogens is 434 g/mol. The van der Waals surface area contributed by atoms with E-state index in [1.807, 2.05) is 24.3 Å². The Morgan fingerprint density at radius 1 is 1.03 bits per heavy atom. The van der Waals surface area contributed by atoms with Crippen LogP contribution in [0.4, 0.5) is 0 Å². The Balaban J connectivity index is 2.00. The van der Waals surface area contributed by atoms with Gasteiger partial charge >= 0.3 is 5.97 Å². The fraction of sp³-hybridized carbons (Fsp3) is 0.333. The maximum atomic E-state index is 13.4. The van der Waals surface area contributed by atoms with Crippen LogP contribution in [0.25, 0.3) is 17.0 Å². The number of allylic oxidation sites excluding steroid dienone is 1. The summed E-state index contributed by atoms with van der Waals surface area (Å²) in [5, 5.41) is 0.665. The standard InChI is InChI=1S/C27H31NO6/c1-6-28(7-2)16-17-33-23-15-13-21-18(3)25(27(30)32-5)34-26(21)24(23)22(29)14-10-19-8-11-20(31-4)12-9-19/h8-15H,6-7,16-17H2,1-5H3/b14-10+. The van der Waals surface area contributed by atoms with Gasteiger partial charge in [-0.05, 0) is 55.9 Å². The molecule has 0 atom stereocenters. The molecule has 0 aliphatic carbocycles. The number of hydrogen-bond donors (Lipinski definition) is 0. The highest BCUT2D eigenvalue weighted by Gasteiger charge is 2.24. The first-order valence-corrected chi connectivity index (χ1v) is 11.3. The molecule has 0 radical (unpaired) electrons. The molecule has 180 valence electrons. The van der Waals surface area contributed by atoms with Crippen molar-refractivity contribution in [3.8, 4) is 11.5 Å². The molecule has 2 aromatic carbocycles. The third-order valence-corrected chi connectivity index (χ3v) is 5.79. The van der Waals surface area contributed by atoms with Crippen LogP contribution in [-0.2, 0) is 4.74 Å². The smallest absolute Gasteiger partial charge is 0.374 e. The second-order valence-corrected chi connectivity index (χ2v) is 7.71.